The highest BCUT2D eigenvalue weighted by molar-refractivity contribution is 6.33. The monoisotopic (exact) mass is 278 g/mol. The molecule has 0 bridgehead atoms. The van der Waals surface area contributed by atoms with Gasteiger partial charge in [0.15, 0.2) is 0 Å². The molecule has 0 aliphatic heterocycles. The van der Waals surface area contributed by atoms with Gasteiger partial charge in [-0.15, -0.1) is 0 Å². The van der Waals surface area contributed by atoms with Crippen LogP contribution in [0.15, 0.2) is 42.5 Å². The average Bonchev–Trinajstić information content (AvgIpc) is 2.39. The summed E-state index contributed by atoms with van der Waals surface area (Å²) in [5.74, 6) is 0.174. The Kier molecular flexibility index (Phi) is 3.87. The van der Waals surface area contributed by atoms with Gasteiger partial charge in [0.2, 0.25) is 0 Å². The number of aromatic hydroxyl groups is 1. The minimum absolute atomic E-state index is 0.0636. The predicted molar refractivity (Wildman–Crippen MR) is 73.5 cm³/mol. The van der Waals surface area contributed by atoms with Gasteiger partial charge in [0.05, 0.1) is 9.95 Å². The number of nitrogens with zero attached hydrogens (tertiary/aromatic N) is 1. The molecule has 0 saturated carbocycles. The molecule has 2 rings (SSSR count). The number of para-hydroxylation sites is 1. The lowest BCUT2D eigenvalue weighted by atomic mass is 10.2. The summed E-state index contributed by atoms with van der Waals surface area (Å²) >= 11 is 5.96. The molecule has 0 saturated heterocycles. The van der Waals surface area contributed by atoms with Crippen LogP contribution in [0.2, 0.25) is 5.02 Å². The molecule has 0 spiro atoms. The highest BCUT2D eigenvalue weighted by Crippen LogP contribution is 2.32. The zero-order chi connectivity index (χ0) is 13.8. The zero-order valence-corrected chi connectivity index (χ0v) is 10.6. The van der Waals surface area contributed by atoms with Crippen molar-refractivity contribution in [1.29, 1.82) is 0 Å². The lowest BCUT2D eigenvalue weighted by Gasteiger charge is -2.09. The van der Waals surface area contributed by atoms with Crippen molar-refractivity contribution in [2.24, 2.45) is 0 Å². The van der Waals surface area contributed by atoms with Crippen molar-refractivity contribution in [2.45, 2.75) is 6.54 Å². The van der Waals surface area contributed by atoms with Crippen molar-refractivity contribution in [1.82, 2.24) is 0 Å². The minimum Gasteiger partial charge on any atom is -0.508 e. The molecular formula is C13H11ClN2O3. The van der Waals surface area contributed by atoms with E-state index in [4.69, 9.17) is 11.6 Å². The standard InChI is InChI=1S/C13H11ClN2O3/c14-11-2-1-3-12(16(18)19)13(11)15-8-9-4-6-10(17)7-5-9/h1-7,15,17H,8H2. The first-order valence-electron chi connectivity index (χ1n) is 5.52. The second-order valence-electron chi connectivity index (χ2n) is 3.91. The summed E-state index contributed by atoms with van der Waals surface area (Å²) in [5.41, 5.74) is 1.11. The van der Waals surface area contributed by atoms with Crippen LogP contribution < -0.4 is 5.32 Å². The van der Waals surface area contributed by atoms with E-state index in [1.54, 1.807) is 30.3 Å². The van der Waals surface area contributed by atoms with Crippen LogP contribution in [0, 0.1) is 10.1 Å². The van der Waals surface area contributed by atoms with Gasteiger partial charge in [0, 0.05) is 12.6 Å². The number of nitro benzene ring substituents is 1. The number of benzene rings is 2. The SMILES string of the molecule is O=[N+]([O-])c1cccc(Cl)c1NCc1ccc(O)cc1. The molecule has 2 aromatic rings. The summed E-state index contributed by atoms with van der Waals surface area (Å²) in [4.78, 5) is 10.4. The van der Waals surface area contributed by atoms with E-state index in [0.29, 0.717) is 17.3 Å². The Morgan fingerprint density at radius 2 is 1.89 bits per heavy atom. The molecule has 5 nitrogen and oxygen atoms in total. The van der Waals surface area contributed by atoms with Crippen molar-refractivity contribution >= 4 is 23.0 Å². The van der Waals surface area contributed by atoms with E-state index in [0.717, 1.165) is 5.56 Å². The highest BCUT2D eigenvalue weighted by Gasteiger charge is 2.15. The Morgan fingerprint density at radius 3 is 2.53 bits per heavy atom. The maximum atomic E-state index is 10.9. The fourth-order valence-corrected chi connectivity index (χ4v) is 1.88. The van der Waals surface area contributed by atoms with E-state index >= 15 is 0 Å². The van der Waals surface area contributed by atoms with Crippen LogP contribution >= 0.6 is 11.6 Å². The minimum atomic E-state index is -0.481. The number of phenols is 1. The van der Waals surface area contributed by atoms with Gasteiger partial charge >= 0.3 is 0 Å². The van der Waals surface area contributed by atoms with E-state index in [9.17, 15) is 15.2 Å². The fraction of sp³-hybridized carbons (Fsp3) is 0.0769. The molecule has 0 unspecified atom stereocenters. The van der Waals surface area contributed by atoms with Gasteiger partial charge in [0.25, 0.3) is 5.69 Å². The van der Waals surface area contributed by atoms with Crippen LogP contribution in [-0.2, 0) is 6.54 Å². The smallest absolute Gasteiger partial charge is 0.293 e. The topological polar surface area (TPSA) is 75.4 Å². The summed E-state index contributed by atoms with van der Waals surface area (Å²) < 4.78 is 0. The molecule has 19 heavy (non-hydrogen) atoms. The Bertz CT molecular complexity index is 599. The molecule has 0 heterocycles. The summed E-state index contributed by atoms with van der Waals surface area (Å²) in [6, 6.07) is 11.1. The summed E-state index contributed by atoms with van der Waals surface area (Å²) in [7, 11) is 0. The third kappa shape index (κ3) is 3.14. The van der Waals surface area contributed by atoms with E-state index in [1.807, 2.05) is 0 Å². The van der Waals surface area contributed by atoms with Crippen molar-refractivity contribution < 1.29 is 10.0 Å². The van der Waals surface area contributed by atoms with Crippen LogP contribution in [0.25, 0.3) is 0 Å². The number of hydrogen-bond donors (Lipinski definition) is 2. The van der Waals surface area contributed by atoms with E-state index in [-0.39, 0.29) is 11.4 Å². The Hall–Kier alpha value is -2.27. The van der Waals surface area contributed by atoms with Crippen LogP contribution in [-0.4, -0.2) is 10.0 Å². The molecular weight excluding hydrogens is 268 g/mol. The summed E-state index contributed by atoms with van der Waals surface area (Å²) in [6.07, 6.45) is 0. The van der Waals surface area contributed by atoms with Gasteiger partial charge in [-0.1, -0.05) is 29.8 Å². The molecule has 0 aliphatic carbocycles. The molecule has 0 aliphatic rings. The molecule has 0 fully saturated rings. The number of rotatable bonds is 4. The first-order chi connectivity index (χ1) is 9.08. The molecule has 98 valence electrons. The third-order valence-electron chi connectivity index (χ3n) is 2.59. The van der Waals surface area contributed by atoms with Crippen molar-refractivity contribution in [3.63, 3.8) is 0 Å². The second kappa shape index (κ2) is 5.58. The lowest BCUT2D eigenvalue weighted by Crippen LogP contribution is -2.03. The van der Waals surface area contributed by atoms with Gasteiger partial charge in [-0.25, -0.2) is 0 Å². The quantitative estimate of drug-likeness (QED) is 0.662. The van der Waals surface area contributed by atoms with Crippen LogP contribution in [0.5, 0.6) is 5.75 Å². The summed E-state index contributed by atoms with van der Waals surface area (Å²) in [6.45, 7) is 0.380. The summed E-state index contributed by atoms with van der Waals surface area (Å²) in [5, 5.41) is 23.3. The predicted octanol–water partition coefficient (Wildman–Crippen LogP) is 3.57. The molecule has 2 N–H and O–H groups in total. The largest absolute Gasteiger partial charge is 0.508 e. The Labute approximate surface area is 114 Å². The van der Waals surface area contributed by atoms with E-state index < -0.39 is 4.92 Å². The second-order valence-corrected chi connectivity index (χ2v) is 4.32. The Balaban J connectivity index is 2.19. The molecule has 0 amide bonds. The molecule has 0 atom stereocenters. The van der Waals surface area contributed by atoms with E-state index in [2.05, 4.69) is 5.32 Å². The zero-order valence-electron chi connectivity index (χ0n) is 9.84. The first-order valence-corrected chi connectivity index (χ1v) is 5.90. The van der Waals surface area contributed by atoms with Crippen LogP contribution in [0.1, 0.15) is 5.56 Å². The normalized spacial score (nSPS) is 10.2. The highest BCUT2D eigenvalue weighted by atomic mass is 35.5. The van der Waals surface area contributed by atoms with Crippen LogP contribution in [0.4, 0.5) is 11.4 Å². The fourth-order valence-electron chi connectivity index (χ4n) is 1.64. The number of nitro groups is 1. The third-order valence-corrected chi connectivity index (χ3v) is 2.91. The van der Waals surface area contributed by atoms with Crippen molar-refractivity contribution in [2.75, 3.05) is 5.32 Å². The maximum Gasteiger partial charge on any atom is 0.293 e. The van der Waals surface area contributed by atoms with Gasteiger partial charge in [-0.2, -0.15) is 0 Å². The average molecular weight is 279 g/mol. The number of phenolic OH excluding ortho intramolecular Hbond substituents is 1. The maximum absolute atomic E-state index is 10.9. The molecule has 6 heteroatoms. The van der Waals surface area contributed by atoms with Gasteiger partial charge in [0.1, 0.15) is 11.4 Å². The molecule has 2 aromatic carbocycles. The van der Waals surface area contributed by atoms with Crippen molar-refractivity contribution in [3.05, 3.63) is 63.2 Å². The molecule has 0 aromatic heterocycles. The lowest BCUT2D eigenvalue weighted by molar-refractivity contribution is -0.383. The number of anilines is 1. The number of halogens is 1. The van der Waals surface area contributed by atoms with Crippen LogP contribution in [0.3, 0.4) is 0 Å². The van der Waals surface area contributed by atoms with Gasteiger partial charge < -0.3 is 10.4 Å². The first kappa shape index (κ1) is 13.2. The van der Waals surface area contributed by atoms with Crippen molar-refractivity contribution in [3.8, 4) is 5.75 Å². The number of nitrogens with one attached hydrogen (secondary N) is 1. The number of hydrogen-bond acceptors (Lipinski definition) is 4. The van der Waals surface area contributed by atoms with Gasteiger partial charge in [-0.05, 0) is 23.8 Å². The van der Waals surface area contributed by atoms with E-state index in [1.165, 1.54) is 12.1 Å². The Morgan fingerprint density at radius 1 is 1.21 bits per heavy atom. The van der Waals surface area contributed by atoms with Gasteiger partial charge in [-0.3, -0.25) is 10.1 Å². The molecule has 0 radical (unpaired) electrons.